The average Bonchev–Trinajstić information content (AvgIpc) is 3.46. The minimum absolute atomic E-state index is 0.0904. The molecule has 4 heterocycles. The molecule has 6 rings (SSSR count). The molecule has 3 aliphatic rings. The fraction of sp³-hybridized carbons (Fsp3) is 0.357. The predicted molar refractivity (Wildman–Crippen MR) is 146 cm³/mol. The second-order valence-corrected chi connectivity index (χ2v) is 12.3. The Kier molecular flexibility index (Phi) is 7.18. The highest BCUT2D eigenvalue weighted by Gasteiger charge is 2.56. The highest BCUT2D eigenvalue weighted by molar-refractivity contribution is 8.00. The number of H-pyrrole nitrogens is 1. The summed E-state index contributed by atoms with van der Waals surface area (Å²) in [6.07, 6.45) is -1.58. The van der Waals surface area contributed by atoms with Crippen LogP contribution >= 0.6 is 23.1 Å². The number of carbonyl (C=O) groups excluding carboxylic acids is 3. The van der Waals surface area contributed by atoms with E-state index in [0.29, 0.717) is 21.2 Å². The SMILES string of the molecule is O=C(COc1ccc(C2c3sc(=O)[nH]c3SC3C(=O)N(c4cccc(C(F)(F)F)c4)C(=O)C32)cc1)N1CCCCC1. The van der Waals surface area contributed by atoms with Crippen molar-refractivity contribution in [1.82, 2.24) is 9.88 Å². The number of alkyl halides is 3. The van der Waals surface area contributed by atoms with Crippen molar-refractivity contribution in [3.05, 3.63) is 74.2 Å². The van der Waals surface area contributed by atoms with Gasteiger partial charge in [-0.3, -0.25) is 19.2 Å². The van der Waals surface area contributed by atoms with E-state index in [4.69, 9.17) is 4.74 Å². The van der Waals surface area contributed by atoms with E-state index in [-0.39, 0.29) is 23.1 Å². The van der Waals surface area contributed by atoms with E-state index >= 15 is 0 Å². The maximum absolute atomic E-state index is 13.8. The molecule has 1 N–H and O–H groups in total. The zero-order chi connectivity index (χ0) is 28.9. The first kappa shape index (κ1) is 27.6. The van der Waals surface area contributed by atoms with Gasteiger partial charge in [0.25, 0.3) is 5.91 Å². The van der Waals surface area contributed by atoms with Crippen LogP contribution < -0.4 is 14.5 Å². The van der Waals surface area contributed by atoms with Crippen molar-refractivity contribution in [2.45, 2.75) is 41.6 Å². The summed E-state index contributed by atoms with van der Waals surface area (Å²) in [7, 11) is 0. The minimum atomic E-state index is -4.64. The summed E-state index contributed by atoms with van der Waals surface area (Å²) in [5.74, 6) is -2.53. The molecule has 41 heavy (non-hydrogen) atoms. The van der Waals surface area contributed by atoms with Crippen LogP contribution in [0.1, 0.15) is 41.2 Å². The van der Waals surface area contributed by atoms with Gasteiger partial charge < -0.3 is 14.6 Å². The Morgan fingerprint density at radius 1 is 1.00 bits per heavy atom. The molecular weight excluding hydrogens is 579 g/mol. The molecule has 3 aliphatic heterocycles. The molecule has 2 fully saturated rings. The Bertz CT molecular complexity index is 1560. The topological polar surface area (TPSA) is 99.8 Å². The molecule has 3 aromatic rings. The Labute approximate surface area is 240 Å². The normalized spacial score (nSPS) is 22.5. The molecule has 2 saturated heterocycles. The van der Waals surface area contributed by atoms with Gasteiger partial charge in [0.05, 0.1) is 22.2 Å². The zero-order valence-corrected chi connectivity index (χ0v) is 23.1. The molecule has 3 amide bonds. The number of amides is 3. The van der Waals surface area contributed by atoms with Gasteiger partial charge in [-0.25, -0.2) is 4.90 Å². The molecule has 0 aliphatic carbocycles. The van der Waals surface area contributed by atoms with E-state index in [2.05, 4.69) is 4.98 Å². The van der Waals surface area contributed by atoms with Gasteiger partial charge in [-0.1, -0.05) is 41.3 Å². The molecule has 3 unspecified atom stereocenters. The van der Waals surface area contributed by atoms with Gasteiger partial charge in [0.15, 0.2) is 6.61 Å². The number of hydrogen-bond acceptors (Lipinski definition) is 7. The highest BCUT2D eigenvalue weighted by Crippen LogP contribution is 2.53. The number of carbonyl (C=O) groups is 3. The number of imide groups is 1. The van der Waals surface area contributed by atoms with Crippen LogP contribution in [0.4, 0.5) is 18.9 Å². The van der Waals surface area contributed by atoms with E-state index < -0.39 is 40.6 Å². The van der Waals surface area contributed by atoms with Crippen molar-refractivity contribution in [2.24, 2.45) is 5.92 Å². The molecule has 0 spiro atoms. The summed E-state index contributed by atoms with van der Waals surface area (Å²) in [6.45, 7) is 1.33. The third-order valence-electron chi connectivity index (χ3n) is 7.57. The number of nitrogens with one attached hydrogen (secondary N) is 1. The third kappa shape index (κ3) is 5.16. The van der Waals surface area contributed by atoms with Crippen molar-refractivity contribution >= 4 is 46.5 Å². The number of anilines is 1. The number of hydrogen-bond donors (Lipinski definition) is 1. The van der Waals surface area contributed by atoms with Crippen molar-refractivity contribution < 1.29 is 32.3 Å². The standard InChI is InChI=1S/C28H24F3N3O5S2/c29-28(30,31)16-5-4-6-17(13-16)34-25(36)21-20(22-24(32-27(38)41-22)40-23(21)26(34)37)15-7-9-18(10-8-15)39-14-19(35)33-11-2-1-3-12-33/h4-10,13,20-21,23H,1-3,11-12,14H2,(H,32,38). The summed E-state index contributed by atoms with van der Waals surface area (Å²) in [5.41, 5.74) is -0.478. The average molecular weight is 604 g/mol. The number of rotatable bonds is 5. The van der Waals surface area contributed by atoms with E-state index in [1.54, 1.807) is 29.2 Å². The first-order valence-electron chi connectivity index (χ1n) is 13.1. The molecule has 214 valence electrons. The fourth-order valence-electron chi connectivity index (χ4n) is 5.60. The van der Waals surface area contributed by atoms with Gasteiger partial charge in [0.2, 0.25) is 11.8 Å². The smallest absolute Gasteiger partial charge is 0.416 e. The summed E-state index contributed by atoms with van der Waals surface area (Å²) in [4.78, 5) is 57.6. The molecule has 3 atom stereocenters. The minimum Gasteiger partial charge on any atom is -0.484 e. The first-order valence-corrected chi connectivity index (χ1v) is 14.8. The number of nitrogens with zero attached hydrogens (tertiary/aromatic N) is 2. The van der Waals surface area contributed by atoms with Crippen LogP contribution in [0.2, 0.25) is 0 Å². The number of fused-ring (bicyclic) bond motifs is 2. The molecule has 0 saturated carbocycles. The van der Waals surface area contributed by atoms with Gasteiger partial charge in [-0.05, 0) is 55.2 Å². The Hall–Kier alpha value is -3.58. The third-order valence-corrected chi connectivity index (χ3v) is 9.97. The summed E-state index contributed by atoms with van der Waals surface area (Å²) in [6, 6.07) is 10.9. The van der Waals surface area contributed by atoms with Gasteiger partial charge in [-0.2, -0.15) is 13.2 Å². The van der Waals surface area contributed by atoms with Crippen LogP contribution in [-0.2, 0) is 20.6 Å². The van der Waals surface area contributed by atoms with Gasteiger partial charge in [0.1, 0.15) is 11.0 Å². The second-order valence-electron chi connectivity index (χ2n) is 10.1. The van der Waals surface area contributed by atoms with E-state index in [1.807, 2.05) is 0 Å². The number of thiazole rings is 1. The Morgan fingerprint density at radius 2 is 1.73 bits per heavy atom. The van der Waals surface area contributed by atoms with Crippen molar-refractivity contribution in [1.29, 1.82) is 0 Å². The number of aromatic amines is 1. The molecule has 0 bridgehead atoms. The van der Waals surface area contributed by atoms with Gasteiger partial charge >= 0.3 is 11.0 Å². The number of thioether (sulfide) groups is 1. The molecule has 2 aromatic carbocycles. The molecule has 1 aromatic heterocycles. The fourth-order valence-corrected chi connectivity index (χ4v) is 8.12. The summed E-state index contributed by atoms with van der Waals surface area (Å²) < 4.78 is 45.8. The lowest BCUT2D eigenvalue weighted by atomic mass is 9.83. The largest absolute Gasteiger partial charge is 0.484 e. The summed E-state index contributed by atoms with van der Waals surface area (Å²) in [5, 5.41) is -0.469. The highest BCUT2D eigenvalue weighted by atomic mass is 32.2. The number of benzene rings is 2. The van der Waals surface area contributed by atoms with Crippen LogP contribution in [0.5, 0.6) is 5.75 Å². The Balaban J connectivity index is 1.28. The van der Waals surface area contributed by atoms with E-state index in [1.165, 1.54) is 6.07 Å². The Morgan fingerprint density at radius 3 is 2.44 bits per heavy atom. The quantitative estimate of drug-likeness (QED) is 0.427. The lowest BCUT2D eigenvalue weighted by molar-refractivity contribution is -0.137. The predicted octanol–water partition coefficient (Wildman–Crippen LogP) is 4.64. The maximum Gasteiger partial charge on any atom is 0.416 e. The number of halogens is 3. The zero-order valence-electron chi connectivity index (χ0n) is 21.5. The summed E-state index contributed by atoms with van der Waals surface area (Å²) >= 11 is 1.99. The van der Waals surface area contributed by atoms with Crippen molar-refractivity contribution in [2.75, 3.05) is 24.6 Å². The van der Waals surface area contributed by atoms with Crippen LogP contribution in [0, 0.1) is 5.92 Å². The van der Waals surface area contributed by atoms with E-state index in [0.717, 1.165) is 78.5 Å². The number of likely N-dealkylation sites (tertiary alicyclic amines) is 1. The molecule has 13 heteroatoms. The molecule has 8 nitrogen and oxygen atoms in total. The number of aromatic nitrogens is 1. The first-order chi connectivity index (χ1) is 19.6. The van der Waals surface area contributed by atoms with Crippen molar-refractivity contribution in [3.8, 4) is 5.75 Å². The molecule has 0 radical (unpaired) electrons. The van der Waals surface area contributed by atoms with Crippen LogP contribution in [-0.4, -0.2) is 52.6 Å². The number of ether oxygens (including phenoxy) is 1. The monoisotopic (exact) mass is 603 g/mol. The van der Waals surface area contributed by atoms with Crippen LogP contribution in [0.3, 0.4) is 0 Å². The maximum atomic E-state index is 13.8. The molecular formula is C28H24F3N3O5S2. The van der Waals surface area contributed by atoms with E-state index in [9.17, 15) is 32.3 Å². The van der Waals surface area contributed by atoms with Gasteiger partial charge in [-0.15, -0.1) is 0 Å². The van der Waals surface area contributed by atoms with Crippen LogP contribution in [0.25, 0.3) is 0 Å². The van der Waals surface area contributed by atoms with Crippen LogP contribution in [0.15, 0.2) is 58.4 Å². The number of piperidine rings is 1. The lowest BCUT2D eigenvalue weighted by Crippen LogP contribution is -2.38. The van der Waals surface area contributed by atoms with Crippen molar-refractivity contribution in [3.63, 3.8) is 0 Å². The lowest BCUT2D eigenvalue weighted by Gasteiger charge is -2.30. The van der Waals surface area contributed by atoms with Gasteiger partial charge in [0, 0.05) is 23.9 Å². The second kappa shape index (κ2) is 10.7.